The van der Waals surface area contributed by atoms with Crippen molar-refractivity contribution in [2.75, 3.05) is 19.6 Å². The maximum atomic E-state index is 13.4. The zero-order valence-electron chi connectivity index (χ0n) is 13.8. The lowest BCUT2D eigenvalue weighted by molar-refractivity contribution is -0.140. The second kappa shape index (κ2) is 7.07. The van der Waals surface area contributed by atoms with Crippen LogP contribution in [0, 0.1) is 11.7 Å². The molecule has 138 valence electrons. The SMILES string of the molecule is NC[C@@H]1CN(C(=O)c2ccc(F)c(C(F)(F)F)c2)C[C@H]1c1ccccc1. The normalized spacial score (nSPS) is 20.4. The van der Waals surface area contributed by atoms with Crippen LogP contribution < -0.4 is 5.73 Å². The molecule has 3 nitrogen and oxygen atoms in total. The van der Waals surface area contributed by atoms with E-state index in [1.807, 2.05) is 30.3 Å². The van der Waals surface area contributed by atoms with E-state index in [4.69, 9.17) is 5.73 Å². The lowest BCUT2D eigenvalue weighted by atomic mass is 9.89. The zero-order chi connectivity index (χ0) is 18.9. The molecule has 2 N–H and O–H groups in total. The molecule has 2 atom stereocenters. The molecule has 0 aromatic heterocycles. The highest BCUT2D eigenvalue weighted by molar-refractivity contribution is 5.94. The molecule has 1 heterocycles. The average Bonchev–Trinajstić information content (AvgIpc) is 3.05. The molecule has 1 aliphatic rings. The van der Waals surface area contributed by atoms with Crippen LogP contribution in [0.5, 0.6) is 0 Å². The van der Waals surface area contributed by atoms with Crippen molar-refractivity contribution in [1.29, 1.82) is 0 Å². The number of carbonyl (C=O) groups is 1. The Balaban J connectivity index is 1.85. The minimum atomic E-state index is -4.85. The molecule has 2 aromatic carbocycles. The number of likely N-dealkylation sites (tertiary alicyclic amines) is 1. The first kappa shape index (κ1) is 18.4. The van der Waals surface area contributed by atoms with Gasteiger partial charge in [-0.2, -0.15) is 13.2 Å². The summed E-state index contributed by atoms with van der Waals surface area (Å²) in [6, 6.07) is 11.9. The largest absolute Gasteiger partial charge is 0.419 e. The van der Waals surface area contributed by atoms with E-state index in [0.29, 0.717) is 31.8 Å². The van der Waals surface area contributed by atoms with E-state index < -0.39 is 23.5 Å². The fourth-order valence-electron chi connectivity index (χ4n) is 3.41. The van der Waals surface area contributed by atoms with Crippen molar-refractivity contribution < 1.29 is 22.4 Å². The van der Waals surface area contributed by atoms with Gasteiger partial charge in [-0.3, -0.25) is 4.79 Å². The van der Waals surface area contributed by atoms with Gasteiger partial charge in [-0.05, 0) is 36.2 Å². The molecule has 0 spiro atoms. The minimum absolute atomic E-state index is 0.0175. The van der Waals surface area contributed by atoms with Crippen LogP contribution in [0.4, 0.5) is 17.6 Å². The number of nitrogens with zero attached hydrogens (tertiary/aromatic N) is 1. The first-order chi connectivity index (χ1) is 12.3. The number of hydrogen-bond acceptors (Lipinski definition) is 2. The molecule has 3 rings (SSSR count). The standard InChI is InChI=1S/C19H18F4N2O/c20-17-7-6-13(8-16(17)19(21,22)23)18(26)25-10-14(9-24)15(11-25)12-4-2-1-3-5-12/h1-8,14-15H,9-11,24H2/t14-,15+/m1/s1. The smallest absolute Gasteiger partial charge is 0.338 e. The fraction of sp³-hybridized carbons (Fsp3) is 0.316. The highest BCUT2D eigenvalue weighted by Gasteiger charge is 2.38. The number of rotatable bonds is 3. The predicted molar refractivity (Wildman–Crippen MR) is 89.0 cm³/mol. The molecular weight excluding hydrogens is 348 g/mol. The van der Waals surface area contributed by atoms with Crippen LogP contribution in [-0.2, 0) is 6.18 Å². The maximum absolute atomic E-state index is 13.4. The van der Waals surface area contributed by atoms with Crippen LogP contribution in [0.1, 0.15) is 27.4 Å². The Bertz CT molecular complexity index is 792. The lowest BCUT2D eigenvalue weighted by Crippen LogP contribution is -2.30. The predicted octanol–water partition coefficient (Wildman–Crippen LogP) is 3.66. The van der Waals surface area contributed by atoms with Gasteiger partial charge in [0.25, 0.3) is 5.91 Å². The third-order valence-corrected chi connectivity index (χ3v) is 4.78. The Morgan fingerprint density at radius 1 is 1.12 bits per heavy atom. The second-order valence-electron chi connectivity index (χ2n) is 6.42. The van der Waals surface area contributed by atoms with Crippen molar-refractivity contribution in [3.05, 3.63) is 71.0 Å². The van der Waals surface area contributed by atoms with E-state index in [0.717, 1.165) is 11.6 Å². The molecule has 0 unspecified atom stereocenters. The van der Waals surface area contributed by atoms with Gasteiger partial charge in [-0.1, -0.05) is 30.3 Å². The Hall–Kier alpha value is -2.41. The van der Waals surface area contributed by atoms with E-state index in [9.17, 15) is 22.4 Å². The van der Waals surface area contributed by atoms with Crippen molar-refractivity contribution in [2.45, 2.75) is 12.1 Å². The van der Waals surface area contributed by atoms with Gasteiger partial charge in [-0.15, -0.1) is 0 Å². The van der Waals surface area contributed by atoms with Crippen LogP contribution in [0.25, 0.3) is 0 Å². The van der Waals surface area contributed by atoms with Gasteiger partial charge >= 0.3 is 6.18 Å². The molecule has 1 fully saturated rings. The fourth-order valence-corrected chi connectivity index (χ4v) is 3.41. The number of amides is 1. The van der Waals surface area contributed by atoms with Gasteiger partial charge in [0, 0.05) is 24.6 Å². The topological polar surface area (TPSA) is 46.3 Å². The number of carbonyl (C=O) groups excluding carboxylic acids is 1. The Morgan fingerprint density at radius 2 is 1.81 bits per heavy atom. The quantitative estimate of drug-likeness (QED) is 0.843. The summed E-state index contributed by atoms with van der Waals surface area (Å²) in [7, 11) is 0. The van der Waals surface area contributed by atoms with E-state index in [1.54, 1.807) is 0 Å². The molecule has 1 saturated heterocycles. The van der Waals surface area contributed by atoms with Crippen LogP contribution in [-0.4, -0.2) is 30.4 Å². The van der Waals surface area contributed by atoms with E-state index in [-0.39, 0.29) is 17.4 Å². The maximum Gasteiger partial charge on any atom is 0.419 e. The number of benzene rings is 2. The highest BCUT2D eigenvalue weighted by Crippen LogP contribution is 2.35. The third kappa shape index (κ3) is 3.58. The van der Waals surface area contributed by atoms with Gasteiger partial charge in [-0.25, -0.2) is 4.39 Å². The van der Waals surface area contributed by atoms with Gasteiger partial charge in [0.15, 0.2) is 0 Å². The minimum Gasteiger partial charge on any atom is -0.338 e. The van der Waals surface area contributed by atoms with E-state index in [2.05, 4.69) is 0 Å². The first-order valence-electron chi connectivity index (χ1n) is 8.22. The van der Waals surface area contributed by atoms with Crippen molar-refractivity contribution in [1.82, 2.24) is 4.90 Å². The summed E-state index contributed by atoms with van der Waals surface area (Å²) in [6.07, 6.45) is -4.85. The van der Waals surface area contributed by atoms with Crippen LogP contribution in [0.3, 0.4) is 0 Å². The van der Waals surface area contributed by atoms with Crippen molar-refractivity contribution in [3.8, 4) is 0 Å². The monoisotopic (exact) mass is 366 g/mol. The van der Waals surface area contributed by atoms with Gasteiger partial charge in [0.2, 0.25) is 0 Å². The average molecular weight is 366 g/mol. The molecule has 26 heavy (non-hydrogen) atoms. The Morgan fingerprint density at radius 3 is 2.42 bits per heavy atom. The van der Waals surface area contributed by atoms with Crippen LogP contribution in [0.2, 0.25) is 0 Å². The van der Waals surface area contributed by atoms with E-state index in [1.165, 1.54) is 4.90 Å². The summed E-state index contributed by atoms with van der Waals surface area (Å²) in [5, 5.41) is 0. The van der Waals surface area contributed by atoms with Crippen LogP contribution >= 0.6 is 0 Å². The molecule has 0 aliphatic carbocycles. The molecule has 0 saturated carbocycles. The van der Waals surface area contributed by atoms with Gasteiger partial charge in [0.1, 0.15) is 5.82 Å². The highest BCUT2D eigenvalue weighted by atomic mass is 19.4. The van der Waals surface area contributed by atoms with Crippen molar-refractivity contribution >= 4 is 5.91 Å². The number of halogens is 4. The molecule has 1 aliphatic heterocycles. The second-order valence-corrected chi connectivity index (χ2v) is 6.42. The Kier molecular flexibility index (Phi) is 5.00. The molecule has 2 aromatic rings. The molecule has 1 amide bonds. The number of alkyl halides is 3. The summed E-state index contributed by atoms with van der Waals surface area (Å²) < 4.78 is 52.1. The summed E-state index contributed by atoms with van der Waals surface area (Å²) >= 11 is 0. The molecule has 0 bridgehead atoms. The molecular formula is C19H18F4N2O. The summed E-state index contributed by atoms with van der Waals surface area (Å²) in [5.41, 5.74) is 5.25. The van der Waals surface area contributed by atoms with Crippen LogP contribution in [0.15, 0.2) is 48.5 Å². The Labute approximate surface area is 148 Å². The summed E-state index contributed by atoms with van der Waals surface area (Å²) in [5.74, 6) is -1.90. The lowest BCUT2D eigenvalue weighted by Gasteiger charge is -2.18. The number of hydrogen-bond donors (Lipinski definition) is 1. The van der Waals surface area contributed by atoms with E-state index >= 15 is 0 Å². The van der Waals surface area contributed by atoms with Gasteiger partial charge in [0.05, 0.1) is 5.56 Å². The summed E-state index contributed by atoms with van der Waals surface area (Å²) in [4.78, 5) is 14.2. The van der Waals surface area contributed by atoms with Crippen molar-refractivity contribution in [2.24, 2.45) is 11.7 Å². The van der Waals surface area contributed by atoms with Crippen molar-refractivity contribution in [3.63, 3.8) is 0 Å². The van der Waals surface area contributed by atoms with Gasteiger partial charge < -0.3 is 10.6 Å². The zero-order valence-corrected chi connectivity index (χ0v) is 13.8. The third-order valence-electron chi connectivity index (χ3n) is 4.78. The molecule has 7 heteroatoms. The molecule has 0 radical (unpaired) electrons. The summed E-state index contributed by atoms with van der Waals surface area (Å²) in [6.45, 7) is 1.08. The number of nitrogens with two attached hydrogens (primary N) is 1. The first-order valence-corrected chi connectivity index (χ1v) is 8.22.